The van der Waals surface area contributed by atoms with Crippen LogP contribution in [0.3, 0.4) is 0 Å². The number of para-hydroxylation sites is 1. The Morgan fingerprint density at radius 2 is 2.03 bits per heavy atom. The molecule has 0 spiro atoms. The second-order valence-corrected chi connectivity index (χ2v) is 8.03. The van der Waals surface area contributed by atoms with Crippen molar-refractivity contribution in [3.63, 3.8) is 0 Å². The van der Waals surface area contributed by atoms with E-state index in [1.807, 2.05) is 14.1 Å². The van der Waals surface area contributed by atoms with E-state index in [0.29, 0.717) is 21.8 Å². The number of halogens is 3. The van der Waals surface area contributed by atoms with Crippen LogP contribution in [-0.2, 0) is 0 Å². The van der Waals surface area contributed by atoms with E-state index in [1.165, 1.54) is 23.5 Å². The number of benzene rings is 2. The number of anilines is 2. The van der Waals surface area contributed by atoms with Gasteiger partial charge in [-0.2, -0.15) is 8.98 Å². The summed E-state index contributed by atoms with van der Waals surface area (Å²) in [5.41, 5.74) is 1.83. The molecule has 4 aromatic rings. The normalized spacial score (nSPS) is 10.6. The first-order chi connectivity index (χ1) is 14.5. The van der Waals surface area contributed by atoms with Crippen molar-refractivity contribution in [1.82, 2.24) is 15.1 Å². The van der Waals surface area contributed by atoms with E-state index in [1.54, 1.807) is 40.5 Å². The number of hydrogen-bond donors (Lipinski definition) is 2. The number of aromatic nitrogens is 2. The summed E-state index contributed by atoms with van der Waals surface area (Å²) in [6.45, 7) is 0. The van der Waals surface area contributed by atoms with Crippen LogP contribution in [-0.4, -0.2) is 30.2 Å². The molecule has 10 heteroatoms. The number of nitrogens with one attached hydrogen (secondary N) is 2. The minimum atomic E-state index is -0.534. The summed E-state index contributed by atoms with van der Waals surface area (Å²) in [4.78, 5) is 11.7. The number of fused-ring (bicyclic) bond motifs is 1. The van der Waals surface area contributed by atoms with Crippen molar-refractivity contribution in [3.05, 3.63) is 63.7 Å². The van der Waals surface area contributed by atoms with Gasteiger partial charge in [-0.1, -0.05) is 17.7 Å². The fraction of sp³-hybridized carbons (Fsp3) is 0.100. The summed E-state index contributed by atoms with van der Waals surface area (Å²) >= 11 is 7.38. The minimum Gasteiger partial charge on any atom is -0.351 e. The second-order valence-electron chi connectivity index (χ2n) is 6.09. The van der Waals surface area contributed by atoms with Crippen molar-refractivity contribution >= 4 is 63.6 Å². The highest BCUT2D eigenvalue weighted by atomic mass is 35.5. The molecule has 0 aliphatic carbocycles. The van der Waals surface area contributed by atoms with E-state index in [9.17, 15) is 13.1 Å². The second kappa shape index (κ2) is 10.0. The van der Waals surface area contributed by atoms with E-state index in [2.05, 4.69) is 15.7 Å². The Morgan fingerprint density at radius 1 is 1.27 bits per heavy atom. The molecule has 2 aromatic heterocycles. The van der Waals surface area contributed by atoms with Gasteiger partial charge in [-0.25, -0.2) is 9.07 Å². The van der Waals surface area contributed by atoms with Crippen molar-refractivity contribution < 1.29 is 13.1 Å². The van der Waals surface area contributed by atoms with E-state index in [-0.39, 0.29) is 27.8 Å². The van der Waals surface area contributed by atoms with Gasteiger partial charge in [0.2, 0.25) is 0 Å². The molecule has 0 saturated carbocycles. The molecule has 0 aliphatic rings. The zero-order chi connectivity index (χ0) is 21.7. The van der Waals surface area contributed by atoms with Gasteiger partial charge in [-0.05, 0) is 44.4 Å². The lowest BCUT2D eigenvalue weighted by Gasteiger charge is -2.12. The average Bonchev–Trinajstić information content (AvgIpc) is 3.37. The van der Waals surface area contributed by atoms with Gasteiger partial charge in [0.1, 0.15) is 5.82 Å². The van der Waals surface area contributed by atoms with Gasteiger partial charge < -0.3 is 10.6 Å². The number of thiophene rings is 1. The van der Waals surface area contributed by atoms with Crippen LogP contribution >= 0.6 is 35.1 Å². The molecule has 0 radical (unpaired) electrons. The molecule has 0 saturated heterocycles. The van der Waals surface area contributed by atoms with Crippen LogP contribution in [0.4, 0.5) is 19.7 Å². The lowest BCUT2D eigenvalue weighted by atomic mass is 10.2. The van der Waals surface area contributed by atoms with Gasteiger partial charge >= 0.3 is 0 Å². The van der Waals surface area contributed by atoms with Crippen LogP contribution in [0.1, 0.15) is 9.67 Å². The number of nitrogens with zero attached hydrogens (tertiary/aromatic N) is 2. The van der Waals surface area contributed by atoms with Gasteiger partial charge in [0.15, 0.2) is 6.29 Å². The first kappa shape index (κ1) is 22.2. The van der Waals surface area contributed by atoms with Crippen LogP contribution in [0.15, 0.2) is 52.9 Å². The largest absolute Gasteiger partial charge is 0.351 e. The summed E-state index contributed by atoms with van der Waals surface area (Å²) in [7, 11) is 3.75. The molecule has 0 amide bonds. The average molecular weight is 467 g/mol. The van der Waals surface area contributed by atoms with E-state index < -0.39 is 5.82 Å². The predicted molar refractivity (Wildman–Crippen MR) is 121 cm³/mol. The van der Waals surface area contributed by atoms with Gasteiger partial charge in [-0.15, -0.1) is 11.3 Å². The predicted octanol–water partition coefficient (Wildman–Crippen LogP) is 6.25. The molecule has 5 nitrogen and oxygen atoms in total. The highest BCUT2D eigenvalue weighted by Gasteiger charge is 2.15. The van der Waals surface area contributed by atoms with Crippen molar-refractivity contribution in [2.24, 2.45) is 0 Å². The van der Waals surface area contributed by atoms with Crippen LogP contribution in [0, 0.1) is 5.82 Å². The Morgan fingerprint density at radius 3 is 2.67 bits per heavy atom. The van der Waals surface area contributed by atoms with Crippen LogP contribution in [0.5, 0.6) is 0 Å². The minimum absolute atomic E-state index is 0.0355. The molecule has 2 heterocycles. The Kier molecular flexibility index (Phi) is 7.43. The third kappa shape index (κ3) is 4.65. The smallest absolute Gasteiger partial charge is 0.160 e. The van der Waals surface area contributed by atoms with E-state index in [0.717, 1.165) is 11.7 Å². The van der Waals surface area contributed by atoms with Gasteiger partial charge in [0, 0.05) is 10.8 Å². The Balaban J connectivity index is 0.000000806. The molecule has 0 unspecified atom stereocenters. The Hall–Kier alpha value is -2.46. The number of carbonyl (C=O) groups excluding carboxylic acids is 1. The van der Waals surface area contributed by atoms with E-state index in [4.69, 9.17) is 11.6 Å². The van der Waals surface area contributed by atoms with Crippen molar-refractivity contribution in [3.8, 4) is 5.69 Å². The van der Waals surface area contributed by atoms with Gasteiger partial charge in [-0.3, -0.25) is 4.79 Å². The van der Waals surface area contributed by atoms with Crippen LogP contribution < -0.4 is 10.6 Å². The summed E-state index contributed by atoms with van der Waals surface area (Å²) in [6.07, 6.45) is 2.39. The molecule has 2 N–H and O–H groups in total. The van der Waals surface area contributed by atoms with E-state index >= 15 is 0 Å². The fourth-order valence-electron chi connectivity index (χ4n) is 2.69. The van der Waals surface area contributed by atoms with Gasteiger partial charge in [0.05, 0.1) is 55.7 Å². The molecule has 30 heavy (non-hydrogen) atoms. The third-order valence-corrected chi connectivity index (χ3v) is 5.61. The third-order valence-electron chi connectivity index (χ3n) is 3.94. The van der Waals surface area contributed by atoms with Crippen LogP contribution in [0.25, 0.3) is 16.6 Å². The number of hydrogen-bond acceptors (Lipinski definition) is 6. The zero-order valence-electron chi connectivity index (χ0n) is 15.9. The summed E-state index contributed by atoms with van der Waals surface area (Å²) in [6, 6.07) is 9.31. The first-order valence-corrected chi connectivity index (χ1v) is 10.6. The molecule has 0 atom stereocenters. The van der Waals surface area contributed by atoms with Crippen molar-refractivity contribution in [2.45, 2.75) is 4.90 Å². The summed E-state index contributed by atoms with van der Waals surface area (Å²) in [5.74, 6) is -0.534. The molecule has 156 valence electrons. The first-order valence-electron chi connectivity index (χ1n) is 8.66. The Bertz CT molecular complexity index is 1160. The lowest BCUT2D eigenvalue weighted by Crippen LogP contribution is -1.98. The van der Waals surface area contributed by atoms with Crippen LogP contribution in [0.2, 0.25) is 5.02 Å². The molecule has 0 aliphatic heterocycles. The summed E-state index contributed by atoms with van der Waals surface area (Å²) < 4.78 is 29.3. The molecular weight excluding hydrogens is 450 g/mol. The molecule has 0 bridgehead atoms. The number of aldehydes is 1. The number of rotatable bonds is 5. The molecular formula is C20H17ClF2N4OS2. The SMILES string of the molecule is CNC.O=Cc1cc(-n2ncc3cc(Nc4c(F)cccc4Cl)c(SF)cc32)cs1. The topological polar surface area (TPSA) is 59.0 Å². The maximum atomic E-state index is 14.1. The standard InChI is InChI=1S/C18H10ClF2N3OS2.C2H7N/c19-13-2-1-3-14(20)18(13)23-15-4-10-7-22-24(16(10)6-17(15)27-21)11-5-12(8-25)26-9-11;1-3-2/h1-9,23H;3H,1-2H3. The number of carbonyl (C=O) groups is 1. The highest BCUT2D eigenvalue weighted by Crippen LogP contribution is 2.37. The van der Waals surface area contributed by atoms with Crippen molar-refractivity contribution in [2.75, 3.05) is 19.4 Å². The zero-order valence-corrected chi connectivity index (χ0v) is 18.3. The molecule has 0 fully saturated rings. The van der Waals surface area contributed by atoms with Crippen molar-refractivity contribution in [1.29, 1.82) is 0 Å². The highest BCUT2D eigenvalue weighted by molar-refractivity contribution is 7.94. The Labute approximate surface area is 185 Å². The molecule has 2 aromatic carbocycles. The quantitative estimate of drug-likeness (QED) is 0.340. The molecule has 4 rings (SSSR count). The maximum absolute atomic E-state index is 14.1. The summed E-state index contributed by atoms with van der Waals surface area (Å²) in [5, 5.41) is 12.6. The monoisotopic (exact) mass is 466 g/mol. The fourth-order valence-corrected chi connectivity index (χ4v) is 3.92. The maximum Gasteiger partial charge on any atom is 0.160 e. The van der Waals surface area contributed by atoms with Gasteiger partial charge in [0.25, 0.3) is 0 Å². The lowest BCUT2D eigenvalue weighted by molar-refractivity contribution is 0.112.